The summed E-state index contributed by atoms with van der Waals surface area (Å²) in [6.45, 7) is 16.6. The Balaban J connectivity index is 0.000000336. The molecule has 10 nitrogen and oxygen atoms in total. The van der Waals surface area contributed by atoms with Gasteiger partial charge in [0.15, 0.2) is 0 Å². The van der Waals surface area contributed by atoms with Gasteiger partial charge in [-0.1, -0.05) is 66.0 Å². The number of hydrogen-bond donors (Lipinski definition) is 3. The first-order valence-corrected chi connectivity index (χ1v) is 15.8. The quantitative estimate of drug-likeness (QED) is 0.122. The van der Waals surface area contributed by atoms with Gasteiger partial charge in [0.05, 0.1) is 16.8 Å². The summed E-state index contributed by atoms with van der Waals surface area (Å²) < 4.78 is 0. The third-order valence-corrected chi connectivity index (χ3v) is 8.12. The van der Waals surface area contributed by atoms with E-state index in [1.807, 2.05) is 33.8 Å². The van der Waals surface area contributed by atoms with E-state index in [-0.39, 0.29) is 22.3 Å². The van der Waals surface area contributed by atoms with Crippen molar-refractivity contribution in [1.29, 1.82) is 0 Å². The molecular weight excluding hydrogens is 603 g/mol. The summed E-state index contributed by atoms with van der Waals surface area (Å²) >= 11 is 10.7. The van der Waals surface area contributed by atoms with Crippen LogP contribution in [0.25, 0.3) is 0 Å². The first kappa shape index (κ1) is 39.2. The highest BCUT2D eigenvalue weighted by Crippen LogP contribution is 2.27. The molecule has 0 aliphatic heterocycles. The predicted molar refractivity (Wildman–Crippen MR) is 180 cm³/mol. The summed E-state index contributed by atoms with van der Waals surface area (Å²) in [7, 11) is 0. The third-order valence-electron chi connectivity index (χ3n) is 7.16. The van der Waals surface area contributed by atoms with Crippen LogP contribution in [0.4, 0.5) is 17.2 Å². The molecule has 2 aromatic heterocycles. The second-order valence-electron chi connectivity index (χ2n) is 13.4. The van der Waals surface area contributed by atoms with E-state index < -0.39 is 10.3 Å². The van der Waals surface area contributed by atoms with Gasteiger partial charge in [0.1, 0.15) is 17.2 Å². The highest BCUT2D eigenvalue weighted by atomic mass is 35.5. The summed E-state index contributed by atoms with van der Waals surface area (Å²) in [5, 5.41) is 16.5. The molecule has 44 heavy (non-hydrogen) atoms. The van der Waals surface area contributed by atoms with Crippen LogP contribution in [0.5, 0.6) is 0 Å². The van der Waals surface area contributed by atoms with Gasteiger partial charge >= 0.3 is 0 Å². The Morgan fingerprint density at radius 1 is 0.955 bits per heavy atom. The number of aryl methyl sites for hydroxylation is 2. The van der Waals surface area contributed by atoms with Gasteiger partial charge in [-0.2, -0.15) is 0 Å². The van der Waals surface area contributed by atoms with Crippen LogP contribution in [0.1, 0.15) is 91.2 Å². The second kappa shape index (κ2) is 18.2. The number of carbonyl (C=O) groups is 2. The average Bonchev–Trinajstić information content (AvgIpc) is 2.85. The predicted octanol–water partition coefficient (Wildman–Crippen LogP) is 8.08. The van der Waals surface area contributed by atoms with E-state index in [0.29, 0.717) is 10.7 Å². The Bertz CT molecular complexity index is 1230. The number of nitrogens with zero attached hydrogens (tertiary/aromatic N) is 3. The van der Waals surface area contributed by atoms with Crippen LogP contribution < -0.4 is 16.4 Å². The van der Waals surface area contributed by atoms with E-state index in [9.17, 15) is 19.7 Å². The molecule has 0 aromatic carbocycles. The Kier molecular flexibility index (Phi) is 16.2. The van der Waals surface area contributed by atoms with Crippen LogP contribution in [0, 0.1) is 46.6 Å². The highest BCUT2D eigenvalue weighted by molar-refractivity contribution is 6.64. The summed E-state index contributed by atoms with van der Waals surface area (Å²) in [5.41, 5.74) is 6.97. The summed E-state index contributed by atoms with van der Waals surface area (Å²) in [6, 6.07) is 3.36. The molecule has 2 aliphatic carbocycles. The number of halogens is 2. The number of amides is 1. The lowest BCUT2D eigenvalue weighted by Gasteiger charge is -2.26. The summed E-state index contributed by atoms with van der Waals surface area (Å²) in [6.07, 6.45) is 11.1. The lowest BCUT2D eigenvalue weighted by Crippen LogP contribution is -2.27. The van der Waals surface area contributed by atoms with Crippen molar-refractivity contribution in [2.24, 2.45) is 28.4 Å². The largest absolute Gasteiger partial charge is 0.370 e. The van der Waals surface area contributed by atoms with Crippen molar-refractivity contribution in [3.05, 3.63) is 50.9 Å². The molecule has 2 saturated carbocycles. The maximum absolute atomic E-state index is 11.9. The molecule has 2 aromatic rings. The number of anilines is 2. The van der Waals surface area contributed by atoms with Crippen LogP contribution in [-0.4, -0.2) is 39.1 Å². The number of nitrogens with one attached hydrogen (secondary N) is 2. The molecule has 0 saturated heterocycles. The molecule has 2 fully saturated rings. The molecule has 246 valence electrons. The maximum Gasteiger partial charge on any atom is 0.287 e. The minimum absolute atomic E-state index is 0.00822. The topological polar surface area (TPSA) is 153 Å². The molecule has 12 heteroatoms. The second-order valence-corrected chi connectivity index (χ2v) is 14.1. The number of aromatic nitrogens is 2. The summed E-state index contributed by atoms with van der Waals surface area (Å²) in [5.74, 6) is 2.63. The van der Waals surface area contributed by atoms with Crippen LogP contribution in [0.3, 0.4) is 0 Å². The zero-order valence-corrected chi connectivity index (χ0v) is 28.9. The van der Waals surface area contributed by atoms with Gasteiger partial charge in [-0.15, -0.1) is 0 Å². The number of nitro groups is 1. The Hall–Kier alpha value is -2.82. The molecule has 0 bridgehead atoms. The summed E-state index contributed by atoms with van der Waals surface area (Å²) in [4.78, 5) is 39.9. The Morgan fingerprint density at radius 2 is 1.50 bits per heavy atom. The molecule has 0 unspecified atom stereocenters. The standard InChI is InChI=1S/C16H25N3O.C6H5ClN2O2.C5H9ClO.C5H11N/c1-11-8-13(19-15(20)16(2,3)4)10-18-14(11)17-9-12-6-5-7-12;1-4-2-5(9(10)11)3-8-6(4)7;1-5(2,3)4(6)7;6-4-5-2-1-3-5/h8,10,12H,5-7,9H2,1-4H3,(H,17,18)(H,19,20);2-3H,1H3;1-3H3;5H,1-4,6H2. The number of nitrogens with two attached hydrogens (primary N) is 1. The lowest BCUT2D eigenvalue weighted by atomic mass is 9.85. The molecular formula is C32H50Cl2N6O4. The highest BCUT2D eigenvalue weighted by Gasteiger charge is 2.22. The van der Waals surface area contributed by atoms with Crippen molar-refractivity contribution >= 4 is 51.5 Å². The van der Waals surface area contributed by atoms with E-state index in [1.54, 1.807) is 33.9 Å². The van der Waals surface area contributed by atoms with Crippen molar-refractivity contribution in [3.63, 3.8) is 0 Å². The zero-order valence-electron chi connectivity index (χ0n) is 27.4. The van der Waals surface area contributed by atoms with Crippen molar-refractivity contribution in [2.75, 3.05) is 23.7 Å². The van der Waals surface area contributed by atoms with E-state index >= 15 is 0 Å². The minimum atomic E-state index is -0.504. The molecule has 0 atom stereocenters. The van der Waals surface area contributed by atoms with E-state index in [1.165, 1.54) is 44.6 Å². The van der Waals surface area contributed by atoms with Gasteiger partial charge in [-0.25, -0.2) is 9.97 Å². The molecule has 0 radical (unpaired) electrons. The Morgan fingerprint density at radius 3 is 1.84 bits per heavy atom. The van der Waals surface area contributed by atoms with Crippen LogP contribution in [-0.2, 0) is 9.59 Å². The molecule has 2 aliphatic rings. The van der Waals surface area contributed by atoms with Gasteiger partial charge in [0.2, 0.25) is 11.1 Å². The van der Waals surface area contributed by atoms with Crippen molar-refractivity contribution in [3.8, 4) is 0 Å². The Labute approximate surface area is 272 Å². The monoisotopic (exact) mass is 652 g/mol. The van der Waals surface area contributed by atoms with E-state index in [0.717, 1.165) is 48.2 Å². The third kappa shape index (κ3) is 14.8. The van der Waals surface area contributed by atoms with Crippen LogP contribution in [0.15, 0.2) is 24.5 Å². The number of carbonyl (C=O) groups excluding carboxylic acids is 2. The maximum atomic E-state index is 11.9. The van der Waals surface area contributed by atoms with Crippen molar-refractivity contribution < 1.29 is 14.5 Å². The van der Waals surface area contributed by atoms with E-state index in [2.05, 4.69) is 20.6 Å². The van der Waals surface area contributed by atoms with Crippen molar-refractivity contribution in [1.82, 2.24) is 9.97 Å². The molecule has 4 rings (SSSR count). The molecule has 2 heterocycles. The molecule has 0 spiro atoms. The van der Waals surface area contributed by atoms with Gasteiger partial charge in [0, 0.05) is 23.4 Å². The van der Waals surface area contributed by atoms with Gasteiger partial charge in [-0.3, -0.25) is 19.7 Å². The zero-order chi connectivity index (χ0) is 33.7. The molecule has 4 N–H and O–H groups in total. The fourth-order valence-electron chi connectivity index (χ4n) is 3.46. The fraction of sp³-hybridized carbons (Fsp3) is 0.625. The number of pyridine rings is 2. The SMILES string of the molecule is CC(C)(C)C(=O)Cl.Cc1cc(NC(=O)C(C)(C)C)cnc1NCC1CCC1.Cc1cc([N+](=O)[O-])cnc1Cl.NCC1CCC1. The van der Waals surface area contributed by atoms with Crippen LogP contribution in [0.2, 0.25) is 5.15 Å². The minimum Gasteiger partial charge on any atom is -0.370 e. The smallest absolute Gasteiger partial charge is 0.287 e. The normalized spacial score (nSPS) is 14.5. The first-order valence-electron chi connectivity index (χ1n) is 15.0. The van der Waals surface area contributed by atoms with Crippen molar-refractivity contribution in [2.45, 2.75) is 93.9 Å². The first-order chi connectivity index (χ1) is 20.3. The molecule has 1 amide bonds. The van der Waals surface area contributed by atoms with E-state index in [4.69, 9.17) is 28.9 Å². The van der Waals surface area contributed by atoms with Gasteiger partial charge in [-0.05, 0) is 86.7 Å². The average molecular weight is 654 g/mol. The number of hydrogen-bond acceptors (Lipinski definition) is 8. The fourth-order valence-corrected chi connectivity index (χ4v) is 3.56. The van der Waals surface area contributed by atoms with Crippen LogP contribution >= 0.6 is 23.2 Å². The van der Waals surface area contributed by atoms with Gasteiger partial charge in [0.25, 0.3) is 5.69 Å². The van der Waals surface area contributed by atoms with Gasteiger partial charge < -0.3 is 16.4 Å². The lowest BCUT2D eigenvalue weighted by molar-refractivity contribution is -0.385. The number of rotatable bonds is 6.